The van der Waals surface area contributed by atoms with Gasteiger partial charge in [0.05, 0.1) is 0 Å². The molecule has 0 bridgehead atoms. The molecule has 0 aromatic carbocycles. The molecule has 2 aliphatic heterocycles. The zero-order chi connectivity index (χ0) is 15.0. The van der Waals surface area contributed by atoms with Gasteiger partial charge in [0.2, 0.25) is 17.7 Å². The maximum absolute atomic E-state index is 12.8. The third-order valence-corrected chi connectivity index (χ3v) is 7.62. The van der Waals surface area contributed by atoms with Crippen molar-refractivity contribution in [3.05, 3.63) is 0 Å². The zero-order valence-electron chi connectivity index (χ0n) is 12.1. The molecule has 3 rings (SSSR count). The number of thioether (sulfide) groups is 2. The van der Waals surface area contributed by atoms with E-state index in [4.69, 9.17) is 0 Å². The molecule has 1 saturated carbocycles. The summed E-state index contributed by atoms with van der Waals surface area (Å²) in [6, 6.07) is 0. The molecule has 5 nitrogen and oxygen atoms in total. The monoisotopic (exact) mass is 328 g/mol. The Morgan fingerprint density at radius 1 is 1.10 bits per heavy atom. The third-order valence-electron chi connectivity index (χ3n) is 4.64. The van der Waals surface area contributed by atoms with Gasteiger partial charge >= 0.3 is 0 Å². The van der Waals surface area contributed by atoms with Crippen LogP contribution in [0.2, 0.25) is 0 Å². The summed E-state index contributed by atoms with van der Waals surface area (Å²) in [6.45, 7) is 0. The molecule has 0 spiro atoms. The van der Waals surface area contributed by atoms with Crippen molar-refractivity contribution in [2.45, 2.75) is 48.1 Å². The predicted octanol–water partition coefficient (Wildman–Crippen LogP) is 1.02. The fourth-order valence-corrected chi connectivity index (χ4v) is 6.46. The Labute approximate surface area is 133 Å². The Balaban J connectivity index is 1.97. The van der Waals surface area contributed by atoms with Gasteiger partial charge in [-0.2, -0.15) is 0 Å². The first-order valence-electron chi connectivity index (χ1n) is 7.45. The van der Waals surface area contributed by atoms with Crippen LogP contribution < -0.4 is 5.32 Å². The van der Waals surface area contributed by atoms with Crippen molar-refractivity contribution in [2.75, 3.05) is 18.6 Å². The van der Waals surface area contributed by atoms with Crippen LogP contribution in [0.5, 0.6) is 0 Å². The van der Waals surface area contributed by atoms with Crippen LogP contribution in [-0.2, 0) is 14.4 Å². The lowest BCUT2D eigenvalue weighted by Crippen LogP contribution is -2.61. The molecule has 2 unspecified atom stereocenters. The maximum atomic E-state index is 12.8. The fourth-order valence-electron chi connectivity index (χ4n) is 3.63. The summed E-state index contributed by atoms with van der Waals surface area (Å²) in [5, 5.41) is 2.09. The van der Waals surface area contributed by atoms with Crippen LogP contribution in [0.4, 0.5) is 0 Å². The van der Waals surface area contributed by atoms with E-state index < -0.39 is 5.54 Å². The van der Waals surface area contributed by atoms with E-state index in [1.807, 2.05) is 0 Å². The molecule has 3 fully saturated rings. The van der Waals surface area contributed by atoms with Crippen LogP contribution in [0.1, 0.15) is 32.1 Å². The van der Waals surface area contributed by atoms with Gasteiger partial charge in [0.25, 0.3) is 0 Å². The van der Waals surface area contributed by atoms with E-state index in [-0.39, 0.29) is 28.2 Å². The summed E-state index contributed by atoms with van der Waals surface area (Å²) in [5.41, 5.74) is -0.945. The molecule has 3 aliphatic rings. The molecule has 0 aromatic rings. The van der Waals surface area contributed by atoms with E-state index in [1.54, 1.807) is 30.6 Å². The van der Waals surface area contributed by atoms with Gasteiger partial charge in [0.1, 0.15) is 16.0 Å². The number of carbonyl (C=O) groups excluding carboxylic acids is 3. The number of likely N-dealkylation sites (N-methyl/N-ethyl adjacent to an activating group) is 1. The largest absolute Gasteiger partial charge is 0.357 e. The summed E-state index contributed by atoms with van der Waals surface area (Å²) in [4.78, 5) is 39.4. The fraction of sp³-hybridized carbons (Fsp3) is 0.786. The van der Waals surface area contributed by atoms with Crippen LogP contribution >= 0.6 is 23.5 Å². The van der Waals surface area contributed by atoms with E-state index in [2.05, 4.69) is 5.32 Å². The summed E-state index contributed by atoms with van der Waals surface area (Å²) >= 11 is 3.13. The molecule has 2 atom stereocenters. The zero-order valence-corrected chi connectivity index (χ0v) is 13.7. The summed E-state index contributed by atoms with van der Waals surface area (Å²) in [7, 11) is 1.58. The SMILES string of the molecule is CNC(=O)C1(N2C(=O)C3SCCSC3C2=O)CCCCC1. The quantitative estimate of drug-likeness (QED) is 0.767. The van der Waals surface area contributed by atoms with E-state index in [9.17, 15) is 14.4 Å². The van der Waals surface area contributed by atoms with Gasteiger partial charge in [-0.3, -0.25) is 19.3 Å². The summed E-state index contributed by atoms with van der Waals surface area (Å²) < 4.78 is 0. The lowest BCUT2D eigenvalue weighted by atomic mass is 9.79. The average molecular weight is 328 g/mol. The topological polar surface area (TPSA) is 66.5 Å². The van der Waals surface area contributed by atoms with Crippen molar-refractivity contribution < 1.29 is 14.4 Å². The highest BCUT2D eigenvalue weighted by Crippen LogP contribution is 2.44. The minimum Gasteiger partial charge on any atom is -0.357 e. The number of rotatable bonds is 2. The highest BCUT2D eigenvalue weighted by Gasteiger charge is 2.59. The predicted molar refractivity (Wildman–Crippen MR) is 84.2 cm³/mol. The van der Waals surface area contributed by atoms with Gasteiger partial charge in [0.15, 0.2) is 0 Å². The van der Waals surface area contributed by atoms with Crippen molar-refractivity contribution in [3.63, 3.8) is 0 Å². The molecule has 7 heteroatoms. The minimum atomic E-state index is -0.945. The Bertz CT molecular complexity index is 453. The van der Waals surface area contributed by atoms with Crippen molar-refractivity contribution in [3.8, 4) is 0 Å². The Kier molecular flexibility index (Phi) is 4.23. The number of nitrogens with zero attached hydrogens (tertiary/aromatic N) is 1. The summed E-state index contributed by atoms with van der Waals surface area (Å²) in [5.74, 6) is 1.31. The molecular weight excluding hydrogens is 308 g/mol. The van der Waals surface area contributed by atoms with Crippen molar-refractivity contribution in [1.29, 1.82) is 0 Å². The van der Waals surface area contributed by atoms with E-state index >= 15 is 0 Å². The lowest BCUT2D eigenvalue weighted by Gasteiger charge is -2.41. The van der Waals surface area contributed by atoms with Crippen LogP contribution in [0.25, 0.3) is 0 Å². The van der Waals surface area contributed by atoms with Crippen LogP contribution in [0.3, 0.4) is 0 Å². The highest BCUT2D eigenvalue weighted by atomic mass is 32.2. The Morgan fingerprint density at radius 3 is 2.10 bits per heavy atom. The highest BCUT2D eigenvalue weighted by molar-refractivity contribution is 8.08. The molecule has 1 aliphatic carbocycles. The van der Waals surface area contributed by atoms with Crippen LogP contribution in [-0.4, -0.2) is 57.2 Å². The molecule has 21 heavy (non-hydrogen) atoms. The van der Waals surface area contributed by atoms with Gasteiger partial charge < -0.3 is 5.32 Å². The van der Waals surface area contributed by atoms with E-state index in [0.717, 1.165) is 30.8 Å². The second-order valence-electron chi connectivity index (χ2n) is 5.77. The second kappa shape index (κ2) is 5.83. The standard InChI is InChI=1S/C14H20N2O3S2/c1-15-13(19)14(5-3-2-4-6-14)16-11(17)9-10(12(16)18)21-8-7-20-9/h9-10H,2-8H2,1H3,(H,15,19). The number of carbonyl (C=O) groups is 3. The lowest BCUT2D eigenvalue weighted by molar-refractivity contribution is -0.155. The Hall–Kier alpha value is -0.690. The van der Waals surface area contributed by atoms with E-state index in [0.29, 0.717) is 12.8 Å². The normalized spacial score (nSPS) is 32.0. The number of hydrogen-bond acceptors (Lipinski definition) is 5. The molecule has 2 heterocycles. The first kappa shape index (κ1) is 15.2. The molecular formula is C14H20N2O3S2. The Morgan fingerprint density at radius 2 is 1.62 bits per heavy atom. The molecule has 1 N–H and O–H groups in total. The number of likely N-dealkylation sites (tertiary alicyclic amines) is 1. The smallest absolute Gasteiger partial charge is 0.246 e. The average Bonchev–Trinajstić information content (AvgIpc) is 2.79. The first-order chi connectivity index (χ1) is 10.1. The van der Waals surface area contributed by atoms with Crippen LogP contribution in [0, 0.1) is 0 Å². The van der Waals surface area contributed by atoms with Crippen molar-refractivity contribution >= 4 is 41.2 Å². The third kappa shape index (κ3) is 2.29. The van der Waals surface area contributed by atoms with Crippen molar-refractivity contribution in [1.82, 2.24) is 10.2 Å². The van der Waals surface area contributed by atoms with Gasteiger partial charge in [0, 0.05) is 18.6 Å². The van der Waals surface area contributed by atoms with Crippen molar-refractivity contribution in [2.24, 2.45) is 0 Å². The second-order valence-corrected chi connectivity index (χ2v) is 8.26. The molecule has 0 aromatic heterocycles. The van der Waals surface area contributed by atoms with Gasteiger partial charge in [-0.25, -0.2) is 0 Å². The van der Waals surface area contributed by atoms with Crippen LogP contribution in [0.15, 0.2) is 0 Å². The minimum absolute atomic E-state index is 0.146. The van der Waals surface area contributed by atoms with E-state index in [1.165, 1.54) is 4.90 Å². The molecule has 0 radical (unpaired) electrons. The molecule has 3 amide bonds. The molecule has 116 valence electrons. The summed E-state index contributed by atoms with van der Waals surface area (Å²) in [6.07, 6.45) is 4.03. The number of amides is 3. The number of imide groups is 1. The number of nitrogens with one attached hydrogen (secondary N) is 1. The molecule has 2 saturated heterocycles. The number of hydrogen-bond donors (Lipinski definition) is 1. The number of fused-ring (bicyclic) bond motifs is 1. The first-order valence-corrected chi connectivity index (χ1v) is 9.55. The maximum Gasteiger partial charge on any atom is 0.246 e. The van der Waals surface area contributed by atoms with Gasteiger partial charge in [-0.1, -0.05) is 19.3 Å². The van der Waals surface area contributed by atoms with Gasteiger partial charge in [-0.05, 0) is 12.8 Å². The van der Waals surface area contributed by atoms with Gasteiger partial charge in [-0.15, -0.1) is 23.5 Å².